The van der Waals surface area contributed by atoms with Gasteiger partial charge in [-0.25, -0.2) is 0 Å². The Morgan fingerprint density at radius 1 is 1.47 bits per heavy atom. The average molecular weight is 232 g/mol. The normalized spacial score (nSPS) is 19.7. The molecule has 1 nitrogen and oxygen atoms in total. The predicted molar refractivity (Wildman–Crippen MR) is 73.9 cm³/mol. The number of hydrogen-bond acceptors (Lipinski definition) is 1. The van der Waals surface area contributed by atoms with Crippen LogP contribution < -0.4 is 0 Å². The van der Waals surface area contributed by atoms with Gasteiger partial charge < -0.3 is 0 Å². The van der Waals surface area contributed by atoms with Crippen molar-refractivity contribution in [3.8, 4) is 0 Å². The Balaban J connectivity index is 2.74. The van der Waals surface area contributed by atoms with Gasteiger partial charge in [0.05, 0.1) is 0 Å². The SMILES string of the molecule is C=CCCC(=O)C=CC1=C(C)CCCC1(C)C. The van der Waals surface area contributed by atoms with Crippen molar-refractivity contribution in [1.29, 1.82) is 0 Å². The molecule has 0 amide bonds. The second-order valence-electron chi connectivity index (χ2n) is 5.56. The molecule has 0 radical (unpaired) electrons. The molecule has 1 heteroatoms. The third-order valence-electron chi connectivity index (χ3n) is 3.57. The second kappa shape index (κ2) is 6.00. The van der Waals surface area contributed by atoms with E-state index in [1.54, 1.807) is 12.2 Å². The van der Waals surface area contributed by atoms with E-state index in [-0.39, 0.29) is 11.2 Å². The summed E-state index contributed by atoms with van der Waals surface area (Å²) in [5, 5.41) is 0. The van der Waals surface area contributed by atoms with E-state index in [0.717, 1.165) is 6.42 Å². The van der Waals surface area contributed by atoms with Gasteiger partial charge in [0, 0.05) is 6.42 Å². The molecule has 17 heavy (non-hydrogen) atoms. The van der Waals surface area contributed by atoms with Gasteiger partial charge in [0.15, 0.2) is 5.78 Å². The Hall–Kier alpha value is -1.11. The average Bonchev–Trinajstić information content (AvgIpc) is 2.24. The van der Waals surface area contributed by atoms with Gasteiger partial charge in [-0.2, -0.15) is 0 Å². The van der Waals surface area contributed by atoms with E-state index < -0.39 is 0 Å². The van der Waals surface area contributed by atoms with E-state index in [9.17, 15) is 4.79 Å². The second-order valence-corrected chi connectivity index (χ2v) is 5.56. The smallest absolute Gasteiger partial charge is 0.156 e. The van der Waals surface area contributed by atoms with Crippen LogP contribution in [0.2, 0.25) is 0 Å². The fourth-order valence-corrected chi connectivity index (χ4v) is 2.51. The Labute approximate surface area is 105 Å². The van der Waals surface area contributed by atoms with E-state index in [4.69, 9.17) is 0 Å². The molecule has 94 valence electrons. The maximum Gasteiger partial charge on any atom is 0.156 e. The van der Waals surface area contributed by atoms with E-state index in [1.807, 2.05) is 6.08 Å². The Morgan fingerprint density at radius 3 is 2.76 bits per heavy atom. The lowest BCUT2D eigenvalue weighted by molar-refractivity contribution is -0.114. The minimum absolute atomic E-state index is 0.201. The fraction of sp³-hybridized carbons (Fsp3) is 0.562. The number of allylic oxidation sites excluding steroid dienone is 5. The van der Waals surface area contributed by atoms with Crippen molar-refractivity contribution in [2.75, 3.05) is 0 Å². The Morgan fingerprint density at radius 2 is 2.18 bits per heavy atom. The number of hydrogen-bond donors (Lipinski definition) is 0. The first kappa shape index (κ1) is 14.0. The lowest BCUT2D eigenvalue weighted by Gasteiger charge is -2.32. The van der Waals surface area contributed by atoms with Crippen LogP contribution in [-0.2, 0) is 4.79 Å². The molecule has 0 heterocycles. The summed E-state index contributed by atoms with van der Waals surface area (Å²) in [5.41, 5.74) is 3.02. The summed E-state index contributed by atoms with van der Waals surface area (Å²) in [5.74, 6) is 0.201. The molecule has 0 aromatic rings. The maximum atomic E-state index is 11.6. The van der Waals surface area contributed by atoms with Crippen molar-refractivity contribution in [1.82, 2.24) is 0 Å². The Kier molecular flexibility index (Phi) is 4.92. The van der Waals surface area contributed by atoms with E-state index in [0.29, 0.717) is 6.42 Å². The summed E-state index contributed by atoms with van der Waals surface area (Å²) < 4.78 is 0. The molecule has 0 bridgehead atoms. The summed E-state index contributed by atoms with van der Waals surface area (Å²) in [6.07, 6.45) is 10.6. The van der Waals surface area contributed by atoms with Gasteiger partial charge in [-0.1, -0.05) is 31.6 Å². The topological polar surface area (TPSA) is 17.1 Å². The van der Waals surface area contributed by atoms with Gasteiger partial charge in [-0.15, -0.1) is 6.58 Å². The number of carbonyl (C=O) groups excluding carboxylic acids is 1. The van der Waals surface area contributed by atoms with Crippen LogP contribution in [0.15, 0.2) is 36.0 Å². The van der Waals surface area contributed by atoms with Crippen molar-refractivity contribution >= 4 is 5.78 Å². The molecule has 0 saturated heterocycles. The van der Waals surface area contributed by atoms with Crippen molar-refractivity contribution in [3.63, 3.8) is 0 Å². The van der Waals surface area contributed by atoms with Crippen molar-refractivity contribution < 1.29 is 4.79 Å². The predicted octanol–water partition coefficient (Wildman–Crippen LogP) is 4.60. The molecule has 0 unspecified atom stereocenters. The highest BCUT2D eigenvalue weighted by Crippen LogP contribution is 2.40. The highest BCUT2D eigenvalue weighted by Gasteiger charge is 2.26. The van der Waals surface area contributed by atoms with Crippen LogP contribution in [0.1, 0.15) is 52.9 Å². The van der Waals surface area contributed by atoms with Crippen LogP contribution in [0, 0.1) is 5.41 Å². The molecule has 0 aromatic carbocycles. The van der Waals surface area contributed by atoms with Crippen molar-refractivity contribution in [2.45, 2.75) is 52.9 Å². The van der Waals surface area contributed by atoms with Gasteiger partial charge >= 0.3 is 0 Å². The molecule has 0 spiro atoms. The summed E-state index contributed by atoms with van der Waals surface area (Å²) in [6.45, 7) is 10.4. The first-order chi connectivity index (χ1) is 7.97. The molecule has 0 aromatic heterocycles. The van der Waals surface area contributed by atoms with Crippen LogP contribution in [0.4, 0.5) is 0 Å². The quantitative estimate of drug-likeness (QED) is 0.500. The highest BCUT2D eigenvalue weighted by atomic mass is 16.1. The molecule has 0 saturated carbocycles. The molecule has 0 fully saturated rings. The number of rotatable bonds is 5. The van der Waals surface area contributed by atoms with Crippen LogP contribution in [0.3, 0.4) is 0 Å². The standard InChI is InChI=1S/C16H24O/c1-5-6-9-14(17)10-11-15-13(2)8-7-12-16(15,3)4/h5,10-11H,1,6-9,12H2,2-4H3. The van der Waals surface area contributed by atoms with Gasteiger partial charge in [0.2, 0.25) is 0 Å². The zero-order chi connectivity index (χ0) is 12.9. The molecular weight excluding hydrogens is 208 g/mol. The fourth-order valence-electron chi connectivity index (χ4n) is 2.51. The summed E-state index contributed by atoms with van der Waals surface area (Å²) >= 11 is 0. The van der Waals surface area contributed by atoms with Gasteiger partial charge in [0.25, 0.3) is 0 Å². The summed E-state index contributed by atoms with van der Waals surface area (Å²) in [4.78, 5) is 11.6. The number of ketones is 1. The molecule has 1 aliphatic carbocycles. The molecule has 0 N–H and O–H groups in total. The van der Waals surface area contributed by atoms with Crippen LogP contribution >= 0.6 is 0 Å². The first-order valence-corrected chi connectivity index (χ1v) is 6.49. The molecule has 0 atom stereocenters. The van der Waals surface area contributed by atoms with Crippen LogP contribution in [0.25, 0.3) is 0 Å². The van der Waals surface area contributed by atoms with Crippen molar-refractivity contribution in [2.24, 2.45) is 5.41 Å². The number of carbonyl (C=O) groups is 1. The maximum absolute atomic E-state index is 11.6. The van der Waals surface area contributed by atoms with Gasteiger partial charge in [-0.3, -0.25) is 4.79 Å². The largest absolute Gasteiger partial charge is 0.295 e. The van der Waals surface area contributed by atoms with Crippen LogP contribution in [-0.4, -0.2) is 5.78 Å². The van der Waals surface area contributed by atoms with E-state index in [1.165, 1.54) is 30.4 Å². The zero-order valence-corrected chi connectivity index (χ0v) is 11.4. The van der Waals surface area contributed by atoms with Crippen molar-refractivity contribution in [3.05, 3.63) is 36.0 Å². The van der Waals surface area contributed by atoms with Gasteiger partial charge in [-0.05, 0) is 49.7 Å². The lowest BCUT2D eigenvalue weighted by atomic mass is 9.72. The summed E-state index contributed by atoms with van der Waals surface area (Å²) in [7, 11) is 0. The summed E-state index contributed by atoms with van der Waals surface area (Å²) in [6, 6.07) is 0. The highest BCUT2D eigenvalue weighted by molar-refractivity contribution is 5.90. The van der Waals surface area contributed by atoms with E-state index in [2.05, 4.69) is 27.4 Å². The Bertz CT molecular complexity index is 356. The lowest BCUT2D eigenvalue weighted by Crippen LogP contribution is -2.19. The molecular formula is C16H24O. The molecule has 1 rings (SSSR count). The van der Waals surface area contributed by atoms with Crippen LogP contribution in [0.5, 0.6) is 0 Å². The minimum Gasteiger partial charge on any atom is -0.295 e. The molecule has 1 aliphatic rings. The first-order valence-electron chi connectivity index (χ1n) is 6.49. The van der Waals surface area contributed by atoms with Gasteiger partial charge in [0.1, 0.15) is 0 Å². The van der Waals surface area contributed by atoms with E-state index >= 15 is 0 Å². The minimum atomic E-state index is 0.201. The monoisotopic (exact) mass is 232 g/mol. The molecule has 0 aliphatic heterocycles. The third kappa shape index (κ3) is 3.99. The zero-order valence-electron chi connectivity index (χ0n) is 11.4. The third-order valence-corrected chi connectivity index (χ3v) is 3.57.